The van der Waals surface area contributed by atoms with E-state index in [2.05, 4.69) is 42.0 Å². The van der Waals surface area contributed by atoms with E-state index in [1.807, 2.05) is 0 Å². The lowest BCUT2D eigenvalue weighted by molar-refractivity contribution is 0.602. The van der Waals surface area contributed by atoms with Crippen molar-refractivity contribution in [1.82, 2.24) is 10.3 Å². The Bertz CT molecular complexity index is 416. The molecule has 0 spiro atoms. The standard InChI is InChI=1S/C15H24ClN3/c1-4-17-8-12-7-15(18-9-14(12)16)19(10-11(2)3)13-5-6-13/h7,9,11,13,17H,4-6,8,10H2,1-3H3. The summed E-state index contributed by atoms with van der Waals surface area (Å²) in [7, 11) is 0. The second kappa shape index (κ2) is 6.58. The molecule has 1 aromatic heterocycles. The lowest BCUT2D eigenvalue weighted by atomic mass is 10.2. The molecule has 0 bridgehead atoms. The van der Waals surface area contributed by atoms with Gasteiger partial charge < -0.3 is 10.2 Å². The molecule has 106 valence electrons. The van der Waals surface area contributed by atoms with E-state index in [4.69, 9.17) is 11.6 Å². The second-order valence-corrected chi connectivity index (χ2v) is 6.10. The van der Waals surface area contributed by atoms with Crippen LogP contribution in [0.25, 0.3) is 0 Å². The smallest absolute Gasteiger partial charge is 0.129 e. The van der Waals surface area contributed by atoms with Crippen LogP contribution >= 0.6 is 11.6 Å². The summed E-state index contributed by atoms with van der Waals surface area (Å²) in [5.74, 6) is 1.73. The van der Waals surface area contributed by atoms with Crippen LogP contribution in [0.15, 0.2) is 12.3 Å². The summed E-state index contributed by atoms with van der Waals surface area (Å²) in [5, 5.41) is 4.08. The maximum absolute atomic E-state index is 6.22. The number of halogens is 1. The van der Waals surface area contributed by atoms with Gasteiger partial charge in [0.1, 0.15) is 5.82 Å². The Morgan fingerprint density at radius 1 is 1.47 bits per heavy atom. The van der Waals surface area contributed by atoms with Gasteiger partial charge in [-0.1, -0.05) is 32.4 Å². The fraction of sp³-hybridized carbons (Fsp3) is 0.667. The van der Waals surface area contributed by atoms with Gasteiger partial charge in [0.25, 0.3) is 0 Å². The van der Waals surface area contributed by atoms with E-state index < -0.39 is 0 Å². The van der Waals surface area contributed by atoms with Gasteiger partial charge in [-0.15, -0.1) is 0 Å². The number of rotatable bonds is 7. The first kappa shape index (κ1) is 14.6. The van der Waals surface area contributed by atoms with Crippen LogP contribution in [0.3, 0.4) is 0 Å². The van der Waals surface area contributed by atoms with Gasteiger partial charge in [0.2, 0.25) is 0 Å². The van der Waals surface area contributed by atoms with Crippen LogP contribution in [0.2, 0.25) is 5.02 Å². The van der Waals surface area contributed by atoms with Gasteiger partial charge in [0.05, 0.1) is 5.02 Å². The maximum Gasteiger partial charge on any atom is 0.129 e. The highest BCUT2D eigenvalue weighted by molar-refractivity contribution is 6.31. The molecule has 19 heavy (non-hydrogen) atoms. The van der Waals surface area contributed by atoms with Crippen molar-refractivity contribution in [2.45, 2.75) is 46.2 Å². The molecular weight excluding hydrogens is 258 g/mol. The minimum atomic E-state index is 0.648. The number of nitrogens with one attached hydrogen (secondary N) is 1. The molecule has 1 N–H and O–H groups in total. The lowest BCUT2D eigenvalue weighted by Crippen LogP contribution is -2.30. The van der Waals surface area contributed by atoms with Crippen LogP contribution in [0.5, 0.6) is 0 Å². The van der Waals surface area contributed by atoms with Crippen LogP contribution in [-0.4, -0.2) is 24.1 Å². The maximum atomic E-state index is 6.22. The van der Waals surface area contributed by atoms with Crippen molar-refractivity contribution in [1.29, 1.82) is 0 Å². The monoisotopic (exact) mass is 281 g/mol. The number of hydrogen-bond acceptors (Lipinski definition) is 3. The molecule has 0 amide bonds. The molecule has 1 saturated carbocycles. The van der Waals surface area contributed by atoms with E-state index in [1.165, 1.54) is 12.8 Å². The summed E-state index contributed by atoms with van der Waals surface area (Å²) in [6.45, 7) is 9.44. The first-order valence-corrected chi connectivity index (χ1v) is 7.61. The molecule has 2 rings (SSSR count). The second-order valence-electron chi connectivity index (χ2n) is 5.69. The first-order chi connectivity index (χ1) is 9.11. The predicted molar refractivity (Wildman–Crippen MR) is 81.8 cm³/mol. The molecule has 0 atom stereocenters. The molecule has 1 aliphatic rings. The topological polar surface area (TPSA) is 28.2 Å². The largest absolute Gasteiger partial charge is 0.353 e. The average molecular weight is 282 g/mol. The predicted octanol–water partition coefficient (Wildman–Crippen LogP) is 3.47. The van der Waals surface area contributed by atoms with Crippen molar-refractivity contribution < 1.29 is 0 Å². The quantitative estimate of drug-likeness (QED) is 0.829. The van der Waals surface area contributed by atoms with E-state index in [1.54, 1.807) is 6.20 Å². The molecule has 0 aliphatic heterocycles. The van der Waals surface area contributed by atoms with Crippen LogP contribution in [0.1, 0.15) is 39.2 Å². The van der Waals surface area contributed by atoms with Gasteiger partial charge in [-0.2, -0.15) is 0 Å². The van der Waals surface area contributed by atoms with E-state index >= 15 is 0 Å². The van der Waals surface area contributed by atoms with Crippen molar-refractivity contribution in [3.8, 4) is 0 Å². The van der Waals surface area contributed by atoms with Crippen molar-refractivity contribution in [3.63, 3.8) is 0 Å². The van der Waals surface area contributed by atoms with Crippen LogP contribution in [0, 0.1) is 5.92 Å². The molecule has 0 radical (unpaired) electrons. The summed E-state index contributed by atoms with van der Waals surface area (Å²) in [6.07, 6.45) is 4.37. The third-order valence-corrected chi connectivity index (χ3v) is 3.67. The summed E-state index contributed by atoms with van der Waals surface area (Å²) in [4.78, 5) is 6.97. The Hall–Kier alpha value is -0.800. The normalized spacial score (nSPS) is 15.0. The summed E-state index contributed by atoms with van der Waals surface area (Å²) in [5.41, 5.74) is 1.14. The summed E-state index contributed by atoms with van der Waals surface area (Å²) < 4.78 is 0. The number of nitrogens with zero attached hydrogens (tertiary/aromatic N) is 2. The van der Waals surface area contributed by atoms with Crippen molar-refractivity contribution in [2.24, 2.45) is 5.92 Å². The Morgan fingerprint density at radius 2 is 2.21 bits per heavy atom. The minimum Gasteiger partial charge on any atom is -0.353 e. The van der Waals surface area contributed by atoms with Crippen LogP contribution in [0.4, 0.5) is 5.82 Å². The van der Waals surface area contributed by atoms with E-state index in [-0.39, 0.29) is 0 Å². The van der Waals surface area contributed by atoms with E-state index in [0.29, 0.717) is 12.0 Å². The molecule has 4 heteroatoms. The Kier molecular flexibility index (Phi) is 5.06. The van der Waals surface area contributed by atoms with Gasteiger partial charge in [-0.05, 0) is 36.9 Å². The highest BCUT2D eigenvalue weighted by Gasteiger charge is 2.30. The van der Waals surface area contributed by atoms with Crippen molar-refractivity contribution in [3.05, 3.63) is 22.8 Å². The number of anilines is 1. The molecule has 0 unspecified atom stereocenters. The van der Waals surface area contributed by atoms with Gasteiger partial charge in [-0.25, -0.2) is 4.98 Å². The fourth-order valence-electron chi connectivity index (χ4n) is 2.23. The molecule has 0 saturated heterocycles. The Morgan fingerprint density at radius 3 is 2.79 bits per heavy atom. The first-order valence-electron chi connectivity index (χ1n) is 7.23. The summed E-state index contributed by atoms with van der Waals surface area (Å²) >= 11 is 6.22. The van der Waals surface area contributed by atoms with Crippen molar-refractivity contribution >= 4 is 17.4 Å². The summed E-state index contributed by atoms with van der Waals surface area (Å²) in [6, 6.07) is 2.83. The SMILES string of the molecule is CCNCc1cc(N(CC(C)C)C2CC2)ncc1Cl. The molecule has 1 aromatic rings. The zero-order valence-corrected chi connectivity index (χ0v) is 12.9. The minimum absolute atomic E-state index is 0.648. The van der Waals surface area contributed by atoms with Gasteiger partial charge >= 0.3 is 0 Å². The average Bonchev–Trinajstić information content (AvgIpc) is 3.19. The zero-order valence-electron chi connectivity index (χ0n) is 12.1. The van der Waals surface area contributed by atoms with E-state index in [0.717, 1.165) is 36.0 Å². The van der Waals surface area contributed by atoms with Gasteiger partial charge in [0, 0.05) is 25.3 Å². The van der Waals surface area contributed by atoms with E-state index in [9.17, 15) is 0 Å². The third kappa shape index (κ3) is 4.08. The van der Waals surface area contributed by atoms with Gasteiger partial charge in [-0.3, -0.25) is 0 Å². The number of pyridine rings is 1. The lowest BCUT2D eigenvalue weighted by Gasteiger charge is -2.26. The highest BCUT2D eigenvalue weighted by Crippen LogP contribution is 2.32. The fourth-order valence-corrected chi connectivity index (χ4v) is 2.40. The van der Waals surface area contributed by atoms with Gasteiger partial charge in [0.15, 0.2) is 0 Å². The third-order valence-electron chi connectivity index (χ3n) is 3.33. The van der Waals surface area contributed by atoms with Crippen LogP contribution < -0.4 is 10.2 Å². The molecule has 1 fully saturated rings. The molecule has 1 aliphatic carbocycles. The van der Waals surface area contributed by atoms with Crippen molar-refractivity contribution in [2.75, 3.05) is 18.0 Å². The Balaban J connectivity index is 2.17. The Labute approximate surface area is 121 Å². The number of aromatic nitrogens is 1. The molecule has 1 heterocycles. The highest BCUT2D eigenvalue weighted by atomic mass is 35.5. The van der Waals surface area contributed by atoms with Crippen LogP contribution in [-0.2, 0) is 6.54 Å². The zero-order chi connectivity index (χ0) is 13.8. The molecular formula is C15H24ClN3. The number of hydrogen-bond donors (Lipinski definition) is 1. The molecule has 0 aromatic carbocycles. The molecule has 3 nitrogen and oxygen atoms in total.